The SMILES string of the molecule is N#Cc1ccc(-c2ccc(-n3c4ccccc4c4cc5c6c(cccc6c43)-c3ccccc3-5)cc2)cc1.N#Cc1ccc(-c2ccc(Br)cc2)cc1.c1ccc2c(c1)-c1cccc3c1c-2cc1c2ccccc2[nH]c31. The van der Waals surface area contributed by atoms with Crippen molar-refractivity contribution >= 4 is 81.1 Å². The number of hydrogen-bond acceptors (Lipinski definition) is 2. The first-order chi connectivity index (χ1) is 37.0. The number of rotatable bonds is 3. The molecule has 0 unspecified atom stereocenters. The predicted octanol–water partition coefficient (Wildman–Crippen LogP) is 19.2. The second-order valence-electron chi connectivity index (χ2n) is 19.2. The van der Waals surface area contributed by atoms with Crippen LogP contribution >= 0.6 is 15.9 Å². The summed E-state index contributed by atoms with van der Waals surface area (Å²) < 4.78 is 3.49. The molecule has 0 amide bonds. The van der Waals surface area contributed by atoms with Gasteiger partial charge in [-0.3, -0.25) is 0 Å². The van der Waals surface area contributed by atoms with Crippen LogP contribution in [0.1, 0.15) is 11.1 Å². The fourth-order valence-electron chi connectivity index (χ4n) is 11.7. The minimum atomic E-state index is 0.677. The van der Waals surface area contributed by atoms with Gasteiger partial charge in [0.2, 0.25) is 0 Å². The molecule has 14 aromatic rings. The summed E-state index contributed by atoms with van der Waals surface area (Å²) in [6.45, 7) is 0. The van der Waals surface area contributed by atoms with Crippen LogP contribution in [-0.2, 0) is 0 Å². The number of aromatic nitrogens is 2. The van der Waals surface area contributed by atoms with Crippen LogP contribution in [0.25, 0.3) is 138 Å². The molecule has 2 aromatic heterocycles. The zero-order chi connectivity index (χ0) is 50.1. The highest BCUT2D eigenvalue weighted by Gasteiger charge is 2.26. The van der Waals surface area contributed by atoms with E-state index in [4.69, 9.17) is 10.5 Å². The maximum Gasteiger partial charge on any atom is 0.0991 e. The zero-order valence-corrected chi connectivity index (χ0v) is 41.9. The third-order valence-corrected chi connectivity index (χ3v) is 15.6. The summed E-state index contributed by atoms with van der Waals surface area (Å²) in [6, 6.07) is 89.4. The van der Waals surface area contributed by atoms with E-state index in [0.717, 1.165) is 32.4 Å². The normalized spacial score (nSPS) is 11.5. The van der Waals surface area contributed by atoms with Crippen molar-refractivity contribution in [1.82, 2.24) is 9.55 Å². The second kappa shape index (κ2) is 17.8. The Bertz CT molecular complexity index is 4700. The maximum atomic E-state index is 9.13. The van der Waals surface area contributed by atoms with Gasteiger partial charge in [-0.2, -0.15) is 10.5 Å². The number of nitrogens with zero attached hydrogens (tertiary/aromatic N) is 3. The van der Waals surface area contributed by atoms with Crippen LogP contribution in [0.5, 0.6) is 0 Å². The first-order valence-electron chi connectivity index (χ1n) is 25.0. The lowest BCUT2D eigenvalue weighted by molar-refractivity contribution is 1.19. The summed E-state index contributed by atoms with van der Waals surface area (Å²) in [4.78, 5) is 3.63. The Hall–Kier alpha value is -9.78. The molecule has 12 aromatic carbocycles. The van der Waals surface area contributed by atoms with Crippen LogP contribution in [-0.4, -0.2) is 9.55 Å². The van der Waals surface area contributed by atoms with Gasteiger partial charge in [-0.25, -0.2) is 0 Å². The van der Waals surface area contributed by atoms with Crippen LogP contribution in [0, 0.1) is 22.7 Å². The summed E-state index contributed by atoms with van der Waals surface area (Å²) in [5.41, 5.74) is 22.7. The molecule has 0 radical (unpaired) electrons. The van der Waals surface area contributed by atoms with E-state index in [2.05, 4.69) is 207 Å². The molecule has 0 spiro atoms. The van der Waals surface area contributed by atoms with Crippen molar-refractivity contribution in [3.63, 3.8) is 0 Å². The van der Waals surface area contributed by atoms with Crippen LogP contribution in [0.4, 0.5) is 0 Å². The quantitative estimate of drug-likeness (QED) is 0.192. The Balaban J connectivity index is 0.000000115. The largest absolute Gasteiger partial charge is 0.354 e. The summed E-state index contributed by atoms with van der Waals surface area (Å²) in [5, 5.41) is 28.3. The highest BCUT2D eigenvalue weighted by atomic mass is 79.9. The van der Waals surface area contributed by atoms with E-state index in [1.807, 2.05) is 72.8 Å². The highest BCUT2D eigenvalue weighted by molar-refractivity contribution is 9.10. The molecule has 0 aliphatic heterocycles. The van der Waals surface area contributed by atoms with Crippen LogP contribution < -0.4 is 0 Å². The number of fused-ring (bicyclic) bond motifs is 14. The molecule has 0 bridgehead atoms. The van der Waals surface area contributed by atoms with Crippen LogP contribution in [0.3, 0.4) is 0 Å². The number of H-pyrrole nitrogens is 1. The highest BCUT2D eigenvalue weighted by Crippen LogP contribution is 2.52. The molecule has 2 heterocycles. The molecular weight excluding hydrogens is 977 g/mol. The topological polar surface area (TPSA) is 68.3 Å². The number of hydrogen-bond donors (Lipinski definition) is 1. The van der Waals surface area contributed by atoms with Crippen molar-refractivity contribution in [3.8, 4) is 84.6 Å². The van der Waals surface area contributed by atoms with Gasteiger partial charge in [0.25, 0.3) is 0 Å². The smallest absolute Gasteiger partial charge is 0.0991 e. The van der Waals surface area contributed by atoms with E-state index in [1.54, 1.807) is 0 Å². The van der Waals surface area contributed by atoms with Gasteiger partial charge in [0, 0.05) is 48.0 Å². The van der Waals surface area contributed by atoms with E-state index in [9.17, 15) is 0 Å². The lowest BCUT2D eigenvalue weighted by atomic mass is 9.99. The van der Waals surface area contributed by atoms with Crippen molar-refractivity contribution < 1.29 is 0 Å². The molecule has 2 aliphatic carbocycles. The first-order valence-corrected chi connectivity index (χ1v) is 25.8. The van der Waals surface area contributed by atoms with Gasteiger partial charge in [-0.15, -0.1) is 0 Å². The van der Waals surface area contributed by atoms with Crippen molar-refractivity contribution in [2.45, 2.75) is 0 Å². The van der Waals surface area contributed by atoms with E-state index < -0.39 is 0 Å². The number of para-hydroxylation sites is 2. The van der Waals surface area contributed by atoms with Crippen molar-refractivity contribution in [2.24, 2.45) is 0 Å². The van der Waals surface area contributed by atoms with Gasteiger partial charge in [0.1, 0.15) is 0 Å². The Morgan fingerprint density at radius 3 is 1.35 bits per heavy atom. The molecule has 75 heavy (non-hydrogen) atoms. The fraction of sp³-hybridized carbons (Fsp3) is 0. The third kappa shape index (κ3) is 7.17. The molecule has 348 valence electrons. The summed E-state index contributed by atoms with van der Waals surface area (Å²) in [5.74, 6) is 0. The molecule has 16 rings (SSSR count). The molecule has 1 N–H and O–H groups in total. The number of nitrogens with one attached hydrogen (secondary N) is 1. The summed E-state index contributed by atoms with van der Waals surface area (Å²) >= 11 is 3.40. The third-order valence-electron chi connectivity index (χ3n) is 15.1. The van der Waals surface area contributed by atoms with Gasteiger partial charge in [0.15, 0.2) is 0 Å². The molecular formula is C70H41BrN4. The van der Waals surface area contributed by atoms with Crippen LogP contribution in [0.15, 0.2) is 247 Å². The van der Waals surface area contributed by atoms with E-state index >= 15 is 0 Å². The Morgan fingerprint density at radius 1 is 0.347 bits per heavy atom. The molecule has 0 saturated heterocycles. The van der Waals surface area contributed by atoms with E-state index in [0.29, 0.717) is 11.1 Å². The van der Waals surface area contributed by atoms with Crippen molar-refractivity contribution in [2.75, 3.05) is 0 Å². The standard InChI is InChI=1S/C35H20N2.C22H13N.C13H8BrN/c36-21-22-12-14-23(15-13-22)24-16-18-25(19-17-24)37-33-11-4-3-8-28(33)32-20-31-27-7-2-1-6-26(27)29-9-5-10-30(34(29)31)35(32)37;1-2-7-14-13(6-1)16-9-5-10-17-21(16)18(14)12-19-15-8-3-4-11-20(15)23-22(17)19;14-13-7-5-12(6-8-13)11-3-1-10(9-15)2-4-11/h1-20H;1-12,23H;1-8H. The summed E-state index contributed by atoms with van der Waals surface area (Å²) in [6.07, 6.45) is 0. The Kier molecular flexibility index (Phi) is 10.4. The molecule has 0 atom stereocenters. The summed E-state index contributed by atoms with van der Waals surface area (Å²) in [7, 11) is 0. The fourth-order valence-corrected chi connectivity index (χ4v) is 12.0. The van der Waals surface area contributed by atoms with Gasteiger partial charge in [-0.05, 0) is 150 Å². The minimum absolute atomic E-state index is 0.677. The number of halogens is 1. The van der Waals surface area contributed by atoms with E-state index in [-0.39, 0.29) is 0 Å². The average Bonchev–Trinajstić information content (AvgIpc) is 4.36. The van der Waals surface area contributed by atoms with Crippen molar-refractivity contribution in [3.05, 3.63) is 258 Å². The molecule has 0 saturated carbocycles. The number of aromatic amines is 1. The zero-order valence-electron chi connectivity index (χ0n) is 40.3. The van der Waals surface area contributed by atoms with Crippen LogP contribution in [0.2, 0.25) is 0 Å². The van der Waals surface area contributed by atoms with Crippen molar-refractivity contribution in [1.29, 1.82) is 10.5 Å². The molecule has 2 aliphatic rings. The number of nitriles is 2. The Morgan fingerprint density at radius 2 is 0.773 bits per heavy atom. The van der Waals surface area contributed by atoms with Gasteiger partial charge < -0.3 is 9.55 Å². The predicted molar refractivity (Wildman–Crippen MR) is 315 cm³/mol. The monoisotopic (exact) mass is 1020 g/mol. The van der Waals surface area contributed by atoms with Gasteiger partial charge in [-0.1, -0.05) is 186 Å². The first kappa shape index (κ1) is 44.0. The lowest BCUT2D eigenvalue weighted by Gasteiger charge is -2.12. The average molecular weight is 1020 g/mol. The Labute approximate surface area is 441 Å². The van der Waals surface area contributed by atoms with Gasteiger partial charge >= 0.3 is 0 Å². The molecule has 0 fully saturated rings. The minimum Gasteiger partial charge on any atom is -0.354 e. The van der Waals surface area contributed by atoms with E-state index in [1.165, 1.54) is 110 Å². The molecule has 5 heteroatoms. The number of benzene rings is 12. The lowest BCUT2D eigenvalue weighted by Crippen LogP contribution is -1.95. The second-order valence-corrected chi connectivity index (χ2v) is 20.1. The van der Waals surface area contributed by atoms with Gasteiger partial charge in [0.05, 0.1) is 39.8 Å². The molecule has 4 nitrogen and oxygen atoms in total. The maximum absolute atomic E-state index is 9.13.